The highest BCUT2D eigenvalue weighted by molar-refractivity contribution is 4.93. The maximum Gasteiger partial charge on any atom is 0.187 e. The van der Waals surface area contributed by atoms with Crippen LogP contribution < -0.4 is 0 Å². The number of aliphatic hydroxyl groups is 4. The Morgan fingerprint density at radius 1 is 0.512 bits per heavy atom. The van der Waals surface area contributed by atoms with Crippen LogP contribution in [0.5, 0.6) is 0 Å². The molecule has 240 valence electrons. The normalized spacial score (nSPS) is 51.4. The SMILES string of the molecule is CO[C@@H]1[C@@H](O)[C@H](O[C@H]2[C@@H](OC)C[C@H](O[C@H]3[C@@H](O)C[C@H](O)O[C@@H]3C)O[C@@H]2C)O[C@H](C)[C@H]1O[C@H]1C[C@@H](OC)[C@H](O)[C@@H](C)O1. The van der Waals surface area contributed by atoms with Gasteiger partial charge in [0.05, 0.1) is 42.7 Å². The van der Waals surface area contributed by atoms with E-state index in [9.17, 15) is 20.4 Å². The molecule has 4 saturated heterocycles. The largest absolute Gasteiger partial charge is 0.390 e. The highest BCUT2D eigenvalue weighted by atomic mass is 16.8. The van der Waals surface area contributed by atoms with E-state index in [0.717, 1.165) is 0 Å². The lowest BCUT2D eigenvalue weighted by Gasteiger charge is -2.48. The van der Waals surface area contributed by atoms with Gasteiger partial charge in [0.15, 0.2) is 25.2 Å². The summed E-state index contributed by atoms with van der Waals surface area (Å²) in [4.78, 5) is 0. The standard InChI is InChI=1S/C27H48O14/c1-11-21(30)16(32-5)9-19(36-11)40-25-14(4)38-27(22(31)26(25)34-7)41-24-13(3)37-20(10-17(24)33-6)39-23-12(2)35-18(29)8-15(23)28/h11-31H,8-10H2,1-7H3/t11-,12-,13-,14-,15+,16-,17+,18-,19+,20+,21-,22-,23-,24-,25-,26-,27+/m1/s1. The molecule has 4 fully saturated rings. The summed E-state index contributed by atoms with van der Waals surface area (Å²) in [5.74, 6) is 0. The Morgan fingerprint density at radius 2 is 1.07 bits per heavy atom. The smallest absolute Gasteiger partial charge is 0.187 e. The van der Waals surface area contributed by atoms with Gasteiger partial charge in [-0.15, -0.1) is 0 Å². The molecule has 0 bridgehead atoms. The zero-order valence-corrected chi connectivity index (χ0v) is 24.8. The molecule has 14 nitrogen and oxygen atoms in total. The Balaban J connectivity index is 1.37. The number of methoxy groups -OCH3 is 3. The monoisotopic (exact) mass is 596 g/mol. The van der Waals surface area contributed by atoms with E-state index in [1.165, 1.54) is 14.2 Å². The van der Waals surface area contributed by atoms with Crippen molar-refractivity contribution in [2.24, 2.45) is 0 Å². The highest BCUT2D eigenvalue weighted by Crippen LogP contribution is 2.35. The van der Waals surface area contributed by atoms with E-state index in [4.69, 9.17) is 47.4 Å². The third-order valence-electron chi connectivity index (χ3n) is 8.47. The maximum atomic E-state index is 11.2. The zero-order chi connectivity index (χ0) is 30.0. The first kappa shape index (κ1) is 33.3. The van der Waals surface area contributed by atoms with Crippen LogP contribution in [0.4, 0.5) is 0 Å². The summed E-state index contributed by atoms with van der Waals surface area (Å²) in [6.07, 6.45) is -11.7. The minimum atomic E-state index is -1.22. The average Bonchev–Trinajstić information content (AvgIpc) is 2.92. The molecule has 4 aliphatic heterocycles. The van der Waals surface area contributed by atoms with Gasteiger partial charge in [0.2, 0.25) is 0 Å². The predicted molar refractivity (Wildman–Crippen MR) is 138 cm³/mol. The summed E-state index contributed by atoms with van der Waals surface area (Å²) >= 11 is 0. The third-order valence-corrected chi connectivity index (χ3v) is 8.47. The molecule has 0 spiro atoms. The summed E-state index contributed by atoms with van der Waals surface area (Å²) in [5.41, 5.74) is 0. The molecule has 0 aromatic rings. The summed E-state index contributed by atoms with van der Waals surface area (Å²) in [7, 11) is 4.54. The second-order valence-electron chi connectivity index (χ2n) is 11.4. The van der Waals surface area contributed by atoms with Gasteiger partial charge in [0.25, 0.3) is 0 Å². The third kappa shape index (κ3) is 7.57. The van der Waals surface area contributed by atoms with Gasteiger partial charge in [0.1, 0.15) is 36.6 Å². The first-order valence-corrected chi connectivity index (χ1v) is 14.4. The Morgan fingerprint density at radius 3 is 1.68 bits per heavy atom. The molecule has 0 unspecified atom stereocenters. The molecular formula is C27H48O14. The molecule has 0 aliphatic carbocycles. The molecule has 0 saturated carbocycles. The van der Waals surface area contributed by atoms with Gasteiger partial charge >= 0.3 is 0 Å². The molecule has 0 amide bonds. The van der Waals surface area contributed by atoms with E-state index in [2.05, 4.69) is 0 Å². The van der Waals surface area contributed by atoms with E-state index in [-0.39, 0.29) is 12.8 Å². The van der Waals surface area contributed by atoms with Crippen molar-refractivity contribution < 1.29 is 67.8 Å². The highest BCUT2D eigenvalue weighted by Gasteiger charge is 2.50. The molecule has 4 heterocycles. The Bertz CT molecular complexity index is 794. The van der Waals surface area contributed by atoms with Gasteiger partial charge < -0.3 is 67.8 Å². The molecule has 14 heteroatoms. The van der Waals surface area contributed by atoms with Crippen molar-refractivity contribution in [1.29, 1.82) is 0 Å². The molecule has 0 aromatic carbocycles. The average molecular weight is 597 g/mol. The lowest BCUT2D eigenvalue weighted by Crippen LogP contribution is -2.63. The van der Waals surface area contributed by atoms with Gasteiger partial charge in [-0.05, 0) is 27.7 Å². The number of aliphatic hydroxyl groups excluding tert-OH is 4. The lowest BCUT2D eigenvalue weighted by atomic mass is 9.97. The van der Waals surface area contributed by atoms with Crippen LogP contribution in [0.1, 0.15) is 47.0 Å². The molecule has 17 atom stereocenters. The van der Waals surface area contributed by atoms with Crippen LogP contribution in [-0.2, 0) is 47.4 Å². The number of ether oxygens (including phenoxy) is 10. The van der Waals surface area contributed by atoms with E-state index in [1.54, 1.807) is 34.8 Å². The first-order valence-electron chi connectivity index (χ1n) is 14.4. The molecule has 4 N–H and O–H groups in total. The summed E-state index contributed by atoms with van der Waals surface area (Å²) < 4.78 is 58.6. The number of hydrogen-bond donors (Lipinski definition) is 4. The Labute approximate surface area is 241 Å². The fourth-order valence-corrected chi connectivity index (χ4v) is 6.15. The van der Waals surface area contributed by atoms with Crippen molar-refractivity contribution in [2.45, 2.75) is 151 Å². The van der Waals surface area contributed by atoms with Crippen molar-refractivity contribution in [3.63, 3.8) is 0 Å². The maximum absolute atomic E-state index is 11.2. The predicted octanol–water partition coefficient (Wildman–Crippen LogP) is -0.588. The van der Waals surface area contributed by atoms with Gasteiger partial charge in [0, 0.05) is 40.6 Å². The van der Waals surface area contributed by atoms with Crippen LogP contribution in [0, 0.1) is 0 Å². The topological polar surface area (TPSA) is 173 Å². The second kappa shape index (κ2) is 14.5. The molecule has 0 aromatic heterocycles. The van der Waals surface area contributed by atoms with Crippen LogP contribution in [0.15, 0.2) is 0 Å². The van der Waals surface area contributed by atoms with Crippen LogP contribution in [0.25, 0.3) is 0 Å². The van der Waals surface area contributed by atoms with Crippen molar-refractivity contribution in [3.05, 3.63) is 0 Å². The Kier molecular flexibility index (Phi) is 11.8. The fourth-order valence-electron chi connectivity index (χ4n) is 6.15. The van der Waals surface area contributed by atoms with Crippen LogP contribution in [0.3, 0.4) is 0 Å². The van der Waals surface area contributed by atoms with Crippen LogP contribution in [0.2, 0.25) is 0 Å². The summed E-state index contributed by atoms with van der Waals surface area (Å²) in [5, 5.41) is 41.6. The lowest BCUT2D eigenvalue weighted by molar-refractivity contribution is -0.364. The minimum Gasteiger partial charge on any atom is -0.390 e. The van der Waals surface area contributed by atoms with E-state index in [1.807, 2.05) is 0 Å². The molecule has 4 aliphatic rings. The molecular weight excluding hydrogens is 548 g/mol. The second-order valence-corrected chi connectivity index (χ2v) is 11.4. The van der Waals surface area contributed by atoms with Crippen molar-refractivity contribution in [1.82, 2.24) is 0 Å². The minimum absolute atomic E-state index is 0.0397. The van der Waals surface area contributed by atoms with Crippen LogP contribution in [-0.4, -0.2) is 146 Å². The molecule has 41 heavy (non-hydrogen) atoms. The van der Waals surface area contributed by atoms with Gasteiger partial charge in [-0.2, -0.15) is 0 Å². The van der Waals surface area contributed by atoms with Crippen molar-refractivity contribution in [3.8, 4) is 0 Å². The zero-order valence-electron chi connectivity index (χ0n) is 24.8. The quantitative estimate of drug-likeness (QED) is 0.266. The molecule has 4 rings (SSSR count). The number of rotatable bonds is 9. The first-order chi connectivity index (χ1) is 19.5. The van der Waals surface area contributed by atoms with E-state index < -0.39 is 105 Å². The van der Waals surface area contributed by atoms with E-state index >= 15 is 0 Å². The summed E-state index contributed by atoms with van der Waals surface area (Å²) in [6.45, 7) is 7.05. The van der Waals surface area contributed by atoms with Gasteiger partial charge in [-0.3, -0.25) is 0 Å². The number of hydrogen-bond acceptors (Lipinski definition) is 14. The van der Waals surface area contributed by atoms with Crippen LogP contribution >= 0.6 is 0 Å². The molecule has 0 radical (unpaired) electrons. The van der Waals surface area contributed by atoms with Gasteiger partial charge in [-0.25, -0.2) is 0 Å². The summed E-state index contributed by atoms with van der Waals surface area (Å²) in [6, 6.07) is 0. The van der Waals surface area contributed by atoms with Gasteiger partial charge in [-0.1, -0.05) is 0 Å². The Hall–Kier alpha value is -0.560. The van der Waals surface area contributed by atoms with Crippen molar-refractivity contribution >= 4 is 0 Å². The van der Waals surface area contributed by atoms with E-state index in [0.29, 0.717) is 6.42 Å². The van der Waals surface area contributed by atoms with Crippen molar-refractivity contribution in [2.75, 3.05) is 21.3 Å². The fraction of sp³-hybridized carbons (Fsp3) is 1.00.